The number of hydrogen-bond acceptors (Lipinski definition) is 4. The highest BCUT2D eigenvalue weighted by Gasteiger charge is 2.19. The molecule has 0 spiro atoms. The molecule has 0 saturated carbocycles. The highest BCUT2D eigenvalue weighted by Crippen LogP contribution is 2.29. The third kappa shape index (κ3) is 3.13. The van der Waals surface area contributed by atoms with Gasteiger partial charge in [0, 0.05) is 12.5 Å². The fourth-order valence-electron chi connectivity index (χ4n) is 1.83. The van der Waals surface area contributed by atoms with Crippen molar-refractivity contribution in [3.8, 4) is 11.5 Å². The summed E-state index contributed by atoms with van der Waals surface area (Å²) in [6, 6.07) is 2.99. The first kappa shape index (κ1) is 14.3. The summed E-state index contributed by atoms with van der Waals surface area (Å²) >= 11 is 0. The predicted molar refractivity (Wildman–Crippen MR) is 68.5 cm³/mol. The topological polar surface area (TPSA) is 67.8 Å². The van der Waals surface area contributed by atoms with Gasteiger partial charge in [0.05, 0.1) is 14.2 Å². The lowest BCUT2D eigenvalue weighted by Crippen LogP contribution is -2.36. The van der Waals surface area contributed by atoms with Crippen LogP contribution in [0.2, 0.25) is 0 Å². The number of ether oxygens (including phenoxy) is 2. The molecule has 18 heavy (non-hydrogen) atoms. The second-order valence-electron chi connectivity index (χ2n) is 4.01. The number of aliphatic carboxylic acids is 1. The van der Waals surface area contributed by atoms with E-state index in [1.54, 1.807) is 27.3 Å². The van der Waals surface area contributed by atoms with Crippen LogP contribution in [0.4, 0.5) is 0 Å². The van der Waals surface area contributed by atoms with Gasteiger partial charge in [-0.3, -0.25) is 4.79 Å². The van der Waals surface area contributed by atoms with Crippen molar-refractivity contribution < 1.29 is 19.4 Å². The van der Waals surface area contributed by atoms with Gasteiger partial charge >= 0.3 is 5.97 Å². The molecule has 2 N–H and O–H groups in total. The maximum absolute atomic E-state index is 11.0. The minimum absolute atomic E-state index is 0.366. The van der Waals surface area contributed by atoms with Gasteiger partial charge in [-0.15, -0.1) is 0 Å². The smallest absolute Gasteiger partial charge is 0.321 e. The van der Waals surface area contributed by atoms with E-state index >= 15 is 0 Å². The zero-order valence-electron chi connectivity index (χ0n) is 11.1. The van der Waals surface area contributed by atoms with Crippen molar-refractivity contribution in [3.05, 3.63) is 23.3 Å². The minimum atomic E-state index is -0.880. The molecule has 0 heterocycles. The molecule has 1 aromatic carbocycles. The standard InChI is InChI=1S/C13H19NO4/c1-8-5-9(17-3)6-12(18-4)10(8)7-11(14-2)13(15)16/h5-6,11,14H,7H2,1-4H3,(H,15,16). The van der Waals surface area contributed by atoms with Gasteiger partial charge in [-0.05, 0) is 31.2 Å². The van der Waals surface area contributed by atoms with E-state index in [4.69, 9.17) is 14.6 Å². The van der Waals surface area contributed by atoms with Crippen molar-refractivity contribution in [2.75, 3.05) is 21.3 Å². The summed E-state index contributed by atoms with van der Waals surface area (Å²) in [6.45, 7) is 1.91. The van der Waals surface area contributed by atoms with Crippen LogP contribution in [0.15, 0.2) is 12.1 Å². The summed E-state index contributed by atoms with van der Waals surface area (Å²) in [6.07, 6.45) is 0.366. The molecule has 0 aromatic heterocycles. The molecule has 5 nitrogen and oxygen atoms in total. The van der Waals surface area contributed by atoms with Crippen molar-refractivity contribution in [2.45, 2.75) is 19.4 Å². The number of carbonyl (C=O) groups is 1. The van der Waals surface area contributed by atoms with Crippen LogP contribution in [0.1, 0.15) is 11.1 Å². The van der Waals surface area contributed by atoms with E-state index in [-0.39, 0.29) is 0 Å². The molecule has 5 heteroatoms. The maximum atomic E-state index is 11.0. The van der Waals surface area contributed by atoms with E-state index in [2.05, 4.69) is 5.32 Å². The van der Waals surface area contributed by atoms with Gasteiger partial charge in [0.1, 0.15) is 17.5 Å². The van der Waals surface area contributed by atoms with Gasteiger partial charge in [0.25, 0.3) is 0 Å². The fraction of sp³-hybridized carbons (Fsp3) is 0.462. The average Bonchev–Trinajstić information content (AvgIpc) is 2.35. The Kier molecular flexibility index (Phi) is 4.97. The molecule has 100 valence electrons. The third-order valence-corrected chi connectivity index (χ3v) is 2.92. The SMILES string of the molecule is CNC(Cc1c(C)cc(OC)cc1OC)C(=O)O. The Hall–Kier alpha value is -1.75. The van der Waals surface area contributed by atoms with Crippen LogP contribution < -0.4 is 14.8 Å². The summed E-state index contributed by atoms with van der Waals surface area (Å²) in [5.74, 6) is 0.465. The number of rotatable bonds is 6. The Balaban J connectivity index is 3.11. The van der Waals surface area contributed by atoms with Gasteiger partial charge in [0.15, 0.2) is 0 Å². The fourth-order valence-corrected chi connectivity index (χ4v) is 1.83. The van der Waals surface area contributed by atoms with Crippen LogP contribution in [0.5, 0.6) is 11.5 Å². The van der Waals surface area contributed by atoms with E-state index in [0.717, 1.165) is 11.1 Å². The van der Waals surface area contributed by atoms with E-state index in [1.165, 1.54) is 0 Å². The van der Waals surface area contributed by atoms with Gasteiger partial charge in [-0.25, -0.2) is 0 Å². The van der Waals surface area contributed by atoms with Crippen molar-refractivity contribution >= 4 is 5.97 Å². The van der Waals surface area contributed by atoms with E-state index in [1.807, 2.05) is 13.0 Å². The zero-order valence-corrected chi connectivity index (χ0v) is 11.1. The molecule has 0 aliphatic carbocycles. The van der Waals surface area contributed by atoms with Gasteiger partial charge < -0.3 is 19.9 Å². The largest absolute Gasteiger partial charge is 0.497 e. The Labute approximate surface area is 107 Å². The first-order valence-electron chi connectivity index (χ1n) is 5.65. The van der Waals surface area contributed by atoms with Gasteiger partial charge in [0.2, 0.25) is 0 Å². The lowest BCUT2D eigenvalue weighted by molar-refractivity contribution is -0.139. The number of hydrogen-bond donors (Lipinski definition) is 2. The number of aryl methyl sites for hydroxylation is 1. The number of methoxy groups -OCH3 is 2. The van der Waals surface area contributed by atoms with E-state index in [9.17, 15) is 4.79 Å². The lowest BCUT2D eigenvalue weighted by atomic mass is 9.99. The van der Waals surface area contributed by atoms with Crippen molar-refractivity contribution in [3.63, 3.8) is 0 Å². The molecule has 0 aliphatic rings. The first-order chi connectivity index (χ1) is 8.53. The second kappa shape index (κ2) is 6.26. The highest BCUT2D eigenvalue weighted by molar-refractivity contribution is 5.74. The molecular formula is C13H19NO4. The maximum Gasteiger partial charge on any atom is 0.321 e. The highest BCUT2D eigenvalue weighted by atomic mass is 16.5. The second-order valence-corrected chi connectivity index (χ2v) is 4.01. The molecule has 0 fully saturated rings. The van der Waals surface area contributed by atoms with Crippen LogP contribution in [0.25, 0.3) is 0 Å². The van der Waals surface area contributed by atoms with Crippen LogP contribution in [0.3, 0.4) is 0 Å². The number of nitrogens with one attached hydrogen (secondary N) is 1. The Morgan fingerprint density at radius 3 is 2.50 bits per heavy atom. The summed E-state index contributed by atoms with van der Waals surface area (Å²) in [5.41, 5.74) is 1.83. The summed E-state index contributed by atoms with van der Waals surface area (Å²) < 4.78 is 10.5. The number of carboxylic acid groups (broad SMARTS) is 1. The van der Waals surface area contributed by atoms with Crippen LogP contribution in [0, 0.1) is 6.92 Å². The quantitative estimate of drug-likeness (QED) is 0.798. The average molecular weight is 253 g/mol. The molecular weight excluding hydrogens is 234 g/mol. The number of likely N-dealkylation sites (N-methyl/N-ethyl adjacent to an activating group) is 1. The monoisotopic (exact) mass is 253 g/mol. The number of benzene rings is 1. The molecule has 1 aromatic rings. The van der Waals surface area contributed by atoms with Crippen molar-refractivity contribution in [2.24, 2.45) is 0 Å². The molecule has 1 rings (SSSR count). The molecule has 0 amide bonds. The van der Waals surface area contributed by atoms with Crippen LogP contribution >= 0.6 is 0 Å². The molecule has 0 saturated heterocycles. The summed E-state index contributed by atoms with van der Waals surface area (Å²) in [4.78, 5) is 11.0. The first-order valence-corrected chi connectivity index (χ1v) is 5.65. The Morgan fingerprint density at radius 2 is 2.06 bits per heavy atom. The molecule has 0 aliphatic heterocycles. The number of carboxylic acids is 1. The van der Waals surface area contributed by atoms with Crippen LogP contribution in [-0.2, 0) is 11.2 Å². The van der Waals surface area contributed by atoms with Gasteiger partial charge in [-0.1, -0.05) is 0 Å². The van der Waals surface area contributed by atoms with Crippen molar-refractivity contribution in [1.29, 1.82) is 0 Å². The normalized spacial score (nSPS) is 12.0. The minimum Gasteiger partial charge on any atom is -0.497 e. The van der Waals surface area contributed by atoms with Gasteiger partial charge in [-0.2, -0.15) is 0 Å². The zero-order chi connectivity index (χ0) is 13.7. The third-order valence-electron chi connectivity index (χ3n) is 2.92. The lowest BCUT2D eigenvalue weighted by Gasteiger charge is -2.17. The van der Waals surface area contributed by atoms with E-state index < -0.39 is 12.0 Å². The van der Waals surface area contributed by atoms with E-state index in [0.29, 0.717) is 17.9 Å². The predicted octanol–water partition coefficient (Wildman–Crippen LogP) is 1.23. The van der Waals surface area contributed by atoms with Crippen molar-refractivity contribution in [1.82, 2.24) is 5.32 Å². The molecule has 0 bridgehead atoms. The Bertz CT molecular complexity index is 431. The van der Waals surface area contributed by atoms with Crippen LogP contribution in [-0.4, -0.2) is 38.4 Å². The molecule has 0 radical (unpaired) electrons. The molecule has 1 unspecified atom stereocenters. The summed E-state index contributed by atoms with van der Waals surface area (Å²) in [7, 11) is 4.78. The summed E-state index contributed by atoms with van der Waals surface area (Å²) in [5, 5.41) is 11.8. The molecule has 1 atom stereocenters. The Morgan fingerprint density at radius 1 is 1.39 bits per heavy atom.